The highest BCUT2D eigenvalue weighted by Gasteiger charge is 2.00. The molecule has 1 radical (unpaired) electrons. The average molecular weight is 275 g/mol. The van der Waals surface area contributed by atoms with Gasteiger partial charge < -0.3 is 10.6 Å². The van der Waals surface area contributed by atoms with Gasteiger partial charge in [0.05, 0.1) is 0 Å². The highest BCUT2D eigenvalue weighted by molar-refractivity contribution is 7.80. The van der Waals surface area contributed by atoms with Gasteiger partial charge in [0.1, 0.15) is 5.82 Å². The predicted molar refractivity (Wildman–Crippen MR) is 80.0 cm³/mol. The second kappa shape index (κ2) is 7.04. The van der Waals surface area contributed by atoms with Crippen molar-refractivity contribution >= 4 is 17.3 Å². The molecule has 1 aliphatic carbocycles. The molecule has 0 bridgehead atoms. The van der Waals surface area contributed by atoms with E-state index >= 15 is 0 Å². The van der Waals surface area contributed by atoms with Crippen LogP contribution in [0.15, 0.2) is 48.2 Å². The van der Waals surface area contributed by atoms with Crippen molar-refractivity contribution in [2.45, 2.75) is 12.8 Å². The molecule has 1 aromatic carbocycles. The standard InChI is InChI=1S/C15H16FN2S/c16-13-8-6-12(7-9-13)10-11-17-15(19)18-14-4-2-1-3-5-14/h1-2,4-9H,3,10-11H2,(H2,17,18,19). The van der Waals surface area contributed by atoms with Crippen molar-refractivity contribution in [3.05, 3.63) is 66.0 Å². The molecule has 4 heteroatoms. The molecule has 0 saturated heterocycles. The molecule has 0 unspecified atom stereocenters. The summed E-state index contributed by atoms with van der Waals surface area (Å²) >= 11 is 5.20. The number of thiocarbonyl (C=S) groups is 1. The predicted octanol–water partition coefficient (Wildman–Crippen LogP) is 2.88. The number of rotatable bonds is 4. The van der Waals surface area contributed by atoms with E-state index in [2.05, 4.69) is 23.1 Å². The minimum absolute atomic E-state index is 0.207. The zero-order chi connectivity index (χ0) is 13.5. The van der Waals surface area contributed by atoms with Crippen molar-refractivity contribution < 1.29 is 4.39 Å². The molecule has 0 heterocycles. The van der Waals surface area contributed by atoms with Gasteiger partial charge in [-0.2, -0.15) is 0 Å². The van der Waals surface area contributed by atoms with Crippen LogP contribution in [-0.4, -0.2) is 11.7 Å². The molecule has 2 rings (SSSR count). The lowest BCUT2D eigenvalue weighted by atomic mass is 10.1. The first-order chi connectivity index (χ1) is 9.24. The molecule has 0 atom stereocenters. The maximum absolute atomic E-state index is 12.7. The fourth-order valence-corrected chi connectivity index (χ4v) is 1.97. The van der Waals surface area contributed by atoms with Gasteiger partial charge in [-0.3, -0.25) is 0 Å². The average Bonchev–Trinajstić information content (AvgIpc) is 2.42. The lowest BCUT2D eigenvalue weighted by molar-refractivity contribution is 0.627. The zero-order valence-electron chi connectivity index (χ0n) is 10.5. The Kier molecular flexibility index (Phi) is 5.10. The maximum atomic E-state index is 12.7. The van der Waals surface area contributed by atoms with Crippen LogP contribution in [0, 0.1) is 12.2 Å². The monoisotopic (exact) mass is 275 g/mol. The van der Waals surface area contributed by atoms with Crippen LogP contribution in [0.1, 0.15) is 12.0 Å². The Labute approximate surface area is 118 Å². The first-order valence-corrected chi connectivity index (χ1v) is 6.64. The molecule has 0 saturated carbocycles. The fraction of sp³-hybridized carbons (Fsp3) is 0.200. The highest BCUT2D eigenvalue weighted by atomic mass is 32.1. The summed E-state index contributed by atoms with van der Waals surface area (Å²) in [6, 6.07) is 6.52. The van der Waals surface area contributed by atoms with Crippen LogP contribution in [0.4, 0.5) is 4.39 Å². The SMILES string of the molecule is Fc1ccc(CCNC(=S)NC2=CC[CH]C=C2)cc1. The van der Waals surface area contributed by atoms with Gasteiger partial charge in [0.15, 0.2) is 5.11 Å². The van der Waals surface area contributed by atoms with Gasteiger partial charge in [0.25, 0.3) is 0 Å². The van der Waals surface area contributed by atoms with E-state index in [1.807, 2.05) is 12.2 Å². The summed E-state index contributed by atoms with van der Waals surface area (Å²) in [5, 5.41) is 6.87. The molecule has 1 aliphatic rings. The Bertz CT molecular complexity index is 491. The first kappa shape index (κ1) is 13.7. The molecule has 19 heavy (non-hydrogen) atoms. The molecule has 0 amide bonds. The highest BCUT2D eigenvalue weighted by Crippen LogP contribution is 2.05. The molecule has 2 nitrogen and oxygen atoms in total. The number of halogens is 1. The Morgan fingerprint density at radius 2 is 2.05 bits per heavy atom. The summed E-state index contributed by atoms with van der Waals surface area (Å²) in [6.45, 7) is 0.723. The number of allylic oxidation sites excluding steroid dienone is 3. The van der Waals surface area contributed by atoms with E-state index in [4.69, 9.17) is 12.2 Å². The summed E-state index contributed by atoms with van der Waals surface area (Å²) in [4.78, 5) is 0. The van der Waals surface area contributed by atoms with E-state index in [0.717, 1.165) is 30.6 Å². The maximum Gasteiger partial charge on any atom is 0.170 e. The van der Waals surface area contributed by atoms with Gasteiger partial charge in [-0.15, -0.1) is 0 Å². The normalized spacial score (nSPS) is 13.8. The van der Waals surface area contributed by atoms with Gasteiger partial charge >= 0.3 is 0 Å². The summed E-state index contributed by atoms with van der Waals surface area (Å²) in [5.74, 6) is -0.207. The van der Waals surface area contributed by atoms with E-state index < -0.39 is 0 Å². The number of benzene rings is 1. The molecular formula is C15H16FN2S. The number of hydrogen-bond acceptors (Lipinski definition) is 1. The van der Waals surface area contributed by atoms with Crippen molar-refractivity contribution in [1.82, 2.24) is 10.6 Å². The van der Waals surface area contributed by atoms with Crippen molar-refractivity contribution in [1.29, 1.82) is 0 Å². The van der Waals surface area contributed by atoms with E-state index in [-0.39, 0.29) is 5.82 Å². The summed E-state index contributed by atoms with van der Waals surface area (Å²) < 4.78 is 12.7. The second-order valence-corrected chi connectivity index (χ2v) is 4.66. The topological polar surface area (TPSA) is 24.1 Å². The lowest BCUT2D eigenvalue weighted by Gasteiger charge is -2.13. The number of nitrogens with one attached hydrogen (secondary N) is 2. The Hall–Kier alpha value is -1.68. The molecule has 0 aromatic heterocycles. The molecule has 0 spiro atoms. The molecule has 1 aromatic rings. The third-order valence-corrected chi connectivity index (χ3v) is 3.00. The number of hydrogen-bond donors (Lipinski definition) is 2. The minimum Gasteiger partial charge on any atom is -0.362 e. The van der Waals surface area contributed by atoms with Crippen LogP contribution in [0.25, 0.3) is 0 Å². The molecule has 2 N–H and O–H groups in total. The van der Waals surface area contributed by atoms with E-state index in [0.29, 0.717) is 5.11 Å². The quantitative estimate of drug-likeness (QED) is 0.826. The Morgan fingerprint density at radius 1 is 1.26 bits per heavy atom. The van der Waals surface area contributed by atoms with E-state index in [1.54, 1.807) is 12.1 Å². The summed E-state index contributed by atoms with van der Waals surface area (Å²) in [6.07, 6.45) is 9.88. The van der Waals surface area contributed by atoms with Crippen LogP contribution >= 0.6 is 12.2 Å². The summed E-state index contributed by atoms with van der Waals surface area (Å²) in [7, 11) is 0. The smallest absolute Gasteiger partial charge is 0.170 e. The van der Waals surface area contributed by atoms with Crippen molar-refractivity contribution in [3.63, 3.8) is 0 Å². The third kappa shape index (κ3) is 4.83. The van der Waals surface area contributed by atoms with E-state index in [9.17, 15) is 4.39 Å². The lowest BCUT2D eigenvalue weighted by Crippen LogP contribution is -2.35. The van der Waals surface area contributed by atoms with Gasteiger partial charge in [-0.25, -0.2) is 4.39 Å². The van der Waals surface area contributed by atoms with Crippen molar-refractivity contribution in [2.75, 3.05) is 6.54 Å². The van der Waals surface area contributed by atoms with E-state index in [1.165, 1.54) is 12.1 Å². The largest absolute Gasteiger partial charge is 0.362 e. The minimum atomic E-state index is -0.207. The van der Waals surface area contributed by atoms with Gasteiger partial charge in [-0.05, 0) is 55.3 Å². The van der Waals surface area contributed by atoms with Crippen LogP contribution in [-0.2, 0) is 6.42 Å². The molecule has 99 valence electrons. The van der Waals surface area contributed by atoms with Crippen molar-refractivity contribution in [3.8, 4) is 0 Å². The third-order valence-electron chi connectivity index (χ3n) is 2.76. The second-order valence-electron chi connectivity index (χ2n) is 4.25. The van der Waals surface area contributed by atoms with Crippen LogP contribution in [0.2, 0.25) is 0 Å². The zero-order valence-corrected chi connectivity index (χ0v) is 11.3. The Morgan fingerprint density at radius 3 is 2.74 bits per heavy atom. The fourth-order valence-electron chi connectivity index (χ4n) is 1.75. The van der Waals surface area contributed by atoms with Gasteiger partial charge in [0.2, 0.25) is 0 Å². The van der Waals surface area contributed by atoms with Crippen LogP contribution in [0.5, 0.6) is 0 Å². The first-order valence-electron chi connectivity index (χ1n) is 6.23. The molecule has 0 fully saturated rings. The van der Waals surface area contributed by atoms with Crippen LogP contribution < -0.4 is 10.6 Å². The van der Waals surface area contributed by atoms with Crippen molar-refractivity contribution in [2.24, 2.45) is 0 Å². The molecular weight excluding hydrogens is 259 g/mol. The summed E-state index contributed by atoms with van der Waals surface area (Å²) in [5.41, 5.74) is 2.10. The molecule has 0 aliphatic heterocycles. The van der Waals surface area contributed by atoms with Crippen LogP contribution in [0.3, 0.4) is 0 Å². The van der Waals surface area contributed by atoms with Gasteiger partial charge in [-0.1, -0.05) is 24.3 Å². The Balaban J connectivity index is 1.70. The van der Waals surface area contributed by atoms with Gasteiger partial charge in [0, 0.05) is 12.2 Å².